The topological polar surface area (TPSA) is 58.3 Å². The van der Waals surface area contributed by atoms with E-state index in [1.54, 1.807) is 4.90 Å². The molecule has 2 aromatic heterocycles. The van der Waals surface area contributed by atoms with E-state index in [0.29, 0.717) is 30.1 Å². The van der Waals surface area contributed by atoms with Crippen LogP contribution in [-0.4, -0.2) is 42.3 Å². The van der Waals surface area contributed by atoms with Crippen LogP contribution in [0.4, 0.5) is 24.3 Å². The molecule has 0 N–H and O–H groups in total. The number of piperidine rings is 1. The molecule has 0 bridgehead atoms. The standard InChI is InChI=1S/C13H16F3N5OS/c1-20(2)11-18-10(22-19-11)8-4-3-5-21(6-8)12-17-9(7-23-12)13(14,15)16/h7-8H,3-6H2,1-2H3. The van der Waals surface area contributed by atoms with E-state index in [9.17, 15) is 13.2 Å². The second kappa shape index (κ2) is 5.99. The van der Waals surface area contributed by atoms with E-state index in [0.717, 1.165) is 29.6 Å². The molecule has 0 amide bonds. The summed E-state index contributed by atoms with van der Waals surface area (Å²) >= 11 is 1.01. The Kier molecular flexibility index (Phi) is 4.17. The van der Waals surface area contributed by atoms with Crippen molar-refractivity contribution >= 4 is 22.4 Å². The molecule has 0 aliphatic carbocycles. The molecule has 23 heavy (non-hydrogen) atoms. The second-order valence-corrected chi connectivity index (χ2v) is 6.46. The van der Waals surface area contributed by atoms with Crippen molar-refractivity contribution in [2.75, 3.05) is 37.0 Å². The maximum Gasteiger partial charge on any atom is 0.434 e. The van der Waals surface area contributed by atoms with Gasteiger partial charge in [-0.1, -0.05) is 0 Å². The number of aromatic nitrogens is 3. The third kappa shape index (κ3) is 3.41. The van der Waals surface area contributed by atoms with E-state index in [1.165, 1.54) is 0 Å². The van der Waals surface area contributed by atoms with Crippen molar-refractivity contribution in [3.05, 3.63) is 17.0 Å². The summed E-state index contributed by atoms with van der Waals surface area (Å²) in [7, 11) is 3.63. The van der Waals surface area contributed by atoms with E-state index in [2.05, 4.69) is 15.1 Å². The fraction of sp³-hybridized carbons (Fsp3) is 0.615. The van der Waals surface area contributed by atoms with Crippen molar-refractivity contribution in [1.29, 1.82) is 0 Å². The fourth-order valence-corrected chi connectivity index (χ4v) is 3.34. The van der Waals surface area contributed by atoms with Crippen LogP contribution in [0.15, 0.2) is 9.90 Å². The van der Waals surface area contributed by atoms with Gasteiger partial charge in [0, 0.05) is 32.6 Å². The molecule has 6 nitrogen and oxygen atoms in total. The highest BCUT2D eigenvalue weighted by Crippen LogP contribution is 2.35. The molecule has 0 spiro atoms. The Bertz CT molecular complexity index is 669. The summed E-state index contributed by atoms with van der Waals surface area (Å²) in [4.78, 5) is 11.6. The number of anilines is 2. The molecule has 1 aliphatic rings. The van der Waals surface area contributed by atoms with Gasteiger partial charge in [-0.25, -0.2) is 4.98 Å². The molecule has 3 rings (SSSR count). The summed E-state index contributed by atoms with van der Waals surface area (Å²) < 4.78 is 43.3. The molecule has 1 aliphatic heterocycles. The van der Waals surface area contributed by atoms with Crippen LogP contribution < -0.4 is 9.80 Å². The third-order valence-corrected chi connectivity index (χ3v) is 4.56. The Morgan fingerprint density at radius 3 is 2.74 bits per heavy atom. The van der Waals surface area contributed by atoms with Crippen LogP contribution in [0, 0.1) is 0 Å². The molecule has 10 heteroatoms. The highest BCUT2D eigenvalue weighted by atomic mass is 32.1. The smallest absolute Gasteiger partial charge is 0.347 e. The quantitative estimate of drug-likeness (QED) is 0.851. The van der Waals surface area contributed by atoms with E-state index in [1.807, 2.05) is 19.0 Å². The van der Waals surface area contributed by atoms with Crippen molar-refractivity contribution in [3.8, 4) is 0 Å². The van der Waals surface area contributed by atoms with Crippen LogP contribution in [0.5, 0.6) is 0 Å². The zero-order chi connectivity index (χ0) is 16.6. The van der Waals surface area contributed by atoms with Gasteiger partial charge in [-0.05, 0) is 18.0 Å². The van der Waals surface area contributed by atoms with Gasteiger partial charge in [0.1, 0.15) is 0 Å². The number of rotatable bonds is 3. The van der Waals surface area contributed by atoms with Crippen molar-refractivity contribution in [3.63, 3.8) is 0 Å². The molecule has 1 atom stereocenters. The maximum absolute atomic E-state index is 12.7. The number of alkyl halides is 3. The summed E-state index contributed by atoms with van der Waals surface area (Å²) in [6.07, 6.45) is -2.70. The average Bonchev–Trinajstić information content (AvgIpc) is 3.16. The Balaban J connectivity index is 1.74. The summed E-state index contributed by atoms with van der Waals surface area (Å²) in [6.45, 7) is 1.20. The van der Waals surface area contributed by atoms with Crippen LogP contribution in [0.2, 0.25) is 0 Å². The molecule has 0 radical (unpaired) electrons. The van der Waals surface area contributed by atoms with Crippen molar-refractivity contribution < 1.29 is 17.7 Å². The first kappa shape index (κ1) is 16.0. The molecule has 1 saturated heterocycles. The molecular weight excluding hydrogens is 331 g/mol. The van der Waals surface area contributed by atoms with Gasteiger partial charge in [-0.3, -0.25) is 0 Å². The fourth-order valence-electron chi connectivity index (χ4n) is 2.47. The number of hydrogen-bond donors (Lipinski definition) is 0. The minimum Gasteiger partial charge on any atom is -0.347 e. The summed E-state index contributed by atoms with van der Waals surface area (Å²) in [6, 6.07) is 0. The van der Waals surface area contributed by atoms with Gasteiger partial charge in [-0.2, -0.15) is 18.2 Å². The summed E-state index contributed by atoms with van der Waals surface area (Å²) in [5.41, 5.74) is -0.840. The molecular formula is C13H16F3N5OS. The van der Waals surface area contributed by atoms with Crippen molar-refractivity contribution in [2.45, 2.75) is 24.9 Å². The predicted octanol–water partition coefficient (Wildman–Crippen LogP) is 2.99. The Hall–Kier alpha value is -1.84. The number of thiazole rings is 1. The van der Waals surface area contributed by atoms with Crippen LogP contribution in [-0.2, 0) is 6.18 Å². The van der Waals surface area contributed by atoms with Gasteiger partial charge in [0.25, 0.3) is 5.95 Å². The largest absolute Gasteiger partial charge is 0.434 e. The molecule has 3 heterocycles. The molecule has 0 saturated carbocycles. The van der Waals surface area contributed by atoms with Crippen LogP contribution in [0.1, 0.15) is 30.3 Å². The van der Waals surface area contributed by atoms with Gasteiger partial charge >= 0.3 is 6.18 Å². The average molecular weight is 347 g/mol. The van der Waals surface area contributed by atoms with Gasteiger partial charge in [0.2, 0.25) is 5.89 Å². The minimum absolute atomic E-state index is 0.00295. The minimum atomic E-state index is -4.41. The number of hydrogen-bond acceptors (Lipinski definition) is 7. The number of halogens is 3. The Morgan fingerprint density at radius 2 is 2.13 bits per heavy atom. The number of nitrogens with zero attached hydrogens (tertiary/aromatic N) is 5. The lowest BCUT2D eigenvalue weighted by atomic mass is 9.98. The SMILES string of the molecule is CN(C)c1noc(C2CCCN(c3nc(C(F)(F)F)cs3)C2)n1. The highest BCUT2D eigenvalue weighted by Gasteiger charge is 2.35. The van der Waals surface area contributed by atoms with Crippen molar-refractivity contribution in [1.82, 2.24) is 15.1 Å². The van der Waals surface area contributed by atoms with Gasteiger partial charge in [0.05, 0.1) is 5.92 Å². The van der Waals surface area contributed by atoms with Crippen LogP contribution in [0.3, 0.4) is 0 Å². The molecule has 2 aromatic rings. The molecule has 1 unspecified atom stereocenters. The Labute approximate surface area is 134 Å². The van der Waals surface area contributed by atoms with E-state index in [-0.39, 0.29) is 5.92 Å². The van der Waals surface area contributed by atoms with E-state index < -0.39 is 11.9 Å². The summed E-state index contributed by atoms with van der Waals surface area (Å²) in [5, 5.41) is 5.32. The van der Waals surface area contributed by atoms with Crippen LogP contribution in [0.25, 0.3) is 0 Å². The third-order valence-electron chi connectivity index (χ3n) is 3.65. The second-order valence-electron chi connectivity index (χ2n) is 5.63. The van der Waals surface area contributed by atoms with E-state index >= 15 is 0 Å². The lowest BCUT2D eigenvalue weighted by Gasteiger charge is -2.30. The highest BCUT2D eigenvalue weighted by molar-refractivity contribution is 7.13. The zero-order valence-electron chi connectivity index (χ0n) is 12.7. The van der Waals surface area contributed by atoms with Crippen molar-refractivity contribution in [2.24, 2.45) is 0 Å². The lowest BCUT2D eigenvalue weighted by molar-refractivity contribution is -0.140. The van der Waals surface area contributed by atoms with Crippen LogP contribution >= 0.6 is 11.3 Å². The first-order valence-electron chi connectivity index (χ1n) is 7.13. The van der Waals surface area contributed by atoms with Gasteiger partial charge in [0.15, 0.2) is 10.8 Å². The first-order valence-corrected chi connectivity index (χ1v) is 8.01. The Morgan fingerprint density at radius 1 is 1.35 bits per heavy atom. The zero-order valence-corrected chi connectivity index (χ0v) is 13.5. The predicted molar refractivity (Wildman–Crippen MR) is 79.9 cm³/mol. The lowest BCUT2D eigenvalue weighted by Crippen LogP contribution is -2.34. The maximum atomic E-state index is 12.7. The molecule has 1 fully saturated rings. The first-order chi connectivity index (χ1) is 10.8. The monoisotopic (exact) mass is 347 g/mol. The van der Waals surface area contributed by atoms with Gasteiger partial charge < -0.3 is 14.3 Å². The molecule has 0 aromatic carbocycles. The van der Waals surface area contributed by atoms with Gasteiger partial charge in [-0.15, -0.1) is 11.3 Å². The molecule has 126 valence electrons. The summed E-state index contributed by atoms with van der Waals surface area (Å²) in [5.74, 6) is 1.01. The normalized spacial score (nSPS) is 19.2. The van der Waals surface area contributed by atoms with E-state index in [4.69, 9.17) is 4.52 Å².